The second-order valence-electron chi connectivity index (χ2n) is 5.18. The molecule has 0 aromatic heterocycles. The molecule has 0 radical (unpaired) electrons. The van der Waals surface area contributed by atoms with Crippen LogP contribution < -0.4 is 10.6 Å². The van der Waals surface area contributed by atoms with Crippen molar-refractivity contribution < 1.29 is 24.2 Å². The van der Waals surface area contributed by atoms with E-state index in [4.69, 9.17) is 14.6 Å². The first kappa shape index (κ1) is 16.7. The minimum Gasteiger partial charge on any atom is -0.481 e. The number of carboxylic acids is 1. The van der Waals surface area contributed by atoms with Crippen LogP contribution >= 0.6 is 0 Å². The molecule has 20 heavy (non-hydrogen) atoms. The molecule has 1 rings (SSSR count). The molecule has 7 nitrogen and oxygen atoms in total. The van der Waals surface area contributed by atoms with E-state index in [2.05, 4.69) is 10.6 Å². The zero-order valence-corrected chi connectivity index (χ0v) is 12.1. The Kier molecular flexibility index (Phi) is 6.74. The first-order valence-corrected chi connectivity index (χ1v) is 6.86. The molecule has 1 aliphatic heterocycles. The lowest BCUT2D eigenvalue weighted by atomic mass is 10.0. The van der Waals surface area contributed by atoms with E-state index in [1.54, 1.807) is 14.0 Å². The zero-order valence-electron chi connectivity index (χ0n) is 12.1. The Labute approximate surface area is 119 Å². The second-order valence-corrected chi connectivity index (χ2v) is 5.18. The number of nitrogens with one attached hydrogen (secondary N) is 2. The second kappa shape index (κ2) is 8.06. The van der Waals surface area contributed by atoms with E-state index >= 15 is 0 Å². The van der Waals surface area contributed by atoms with Crippen molar-refractivity contribution in [3.8, 4) is 0 Å². The molecule has 1 saturated heterocycles. The molecule has 1 aliphatic rings. The van der Waals surface area contributed by atoms with Crippen molar-refractivity contribution >= 4 is 12.0 Å². The van der Waals surface area contributed by atoms with Gasteiger partial charge in [0.15, 0.2) is 0 Å². The minimum absolute atomic E-state index is 0.267. The predicted molar refractivity (Wildman–Crippen MR) is 72.6 cm³/mol. The van der Waals surface area contributed by atoms with Crippen LogP contribution in [0.15, 0.2) is 0 Å². The topological polar surface area (TPSA) is 96.9 Å². The number of aliphatic carboxylic acids is 1. The van der Waals surface area contributed by atoms with Gasteiger partial charge in [-0.05, 0) is 12.8 Å². The van der Waals surface area contributed by atoms with Crippen molar-refractivity contribution in [2.24, 2.45) is 5.92 Å². The molecule has 2 unspecified atom stereocenters. The number of urea groups is 1. The molecule has 2 amide bonds. The van der Waals surface area contributed by atoms with E-state index in [1.807, 2.05) is 0 Å². The van der Waals surface area contributed by atoms with Crippen LogP contribution in [-0.2, 0) is 14.3 Å². The van der Waals surface area contributed by atoms with Gasteiger partial charge in [-0.2, -0.15) is 0 Å². The standard InChI is InChI=1S/C13H24N2O5/c1-10(11(16)17)4-3-6-14-12(18)15-8-13(19-2)5-7-20-9-13/h10H,3-9H2,1-2H3,(H,16,17)(H2,14,15,18). The molecule has 1 heterocycles. The van der Waals surface area contributed by atoms with E-state index in [0.717, 1.165) is 6.42 Å². The van der Waals surface area contributed by atoms with Crippen LogP contribution in [0, 0.1) is 5.92 Å². The summed E-state index contributed by atoms with van der Waals surface area (Å²) in [5.74, 6) is -1.19. The van der Waals surface area contributed by atoms with Crippen LogP contribution in [0.3, 0.4) is 0 Å². The van der Waals surface area contributed by atoms with Gasteiger partial charge in [0.05, 0.1) is 19.1 Å². The Morgan fingerprint density at radius 2 is 2.20 bits per heavy atom. The Morgan fingerprint density at radius 3 is 2.75 bits per heavy atom. The minimum atomic E-state index is -0.808. The maximum absolute atomic E-state index is 11.6. The highest BCUT2D eigenvalue weighted by molar-refractivity contribution is 5.73. The Bertz CT molecular complexity index is 329. The van der Waals surface area contributed by atoms with Crippen LogP contribution in [-0.4, -0.2) is 56.1 Å². The summed E-state index contributed by atoms with van der Waals surface area (Å²) in [5, 5.41) is 14.2. The van der Waals surface area contributed by atoms with Gasteiger partial charge in [-0.25, -0.2) is 4.79 Å². The number of carbonyl (C=O) groups is 2. The largest absolute Gasteiger partial charge is 0.481 e. The van der Waals surface area contributed by atoms with Crippen molar-refractivity contribution in [2.45, 2.75) is 31.8 Å². The molecule has 1 fully saturated rings. The molecular weight excluding hydrogens is 264 g/mol. The van der Waals surface area contributed by atoms with E-state index in [1.165, 1.54) is 0 Å². The monoisotopic (exact) mass is 288 g/mol. The summed E-state index contributed by atoms with van der Waals surface area (Å²) < 4.78 is 10.7. The van der Waals surface area contributed by atoms with Crippen LogP contribution in [0.4, 0.5) is 4.79 Å². The zero-order chi connectivity index (χ0) is 15.0. The fourth-order valence-electron chi connectivity index (χ4n) is 2.00. The van der Waals surface area contributed by atoms with Gasteiger partial charge in [-0.1, -0.05) is 6.92 Å². The van der Waals surface area contributed by atoms with E-state index in [0.29, 0.717) is 39.1 Å². The van der Waals surface area contributed by atoms with E-state index in [-0.39, 0.29) is 11.9 Å². The Balaban J connectivity index is 2.13. The third-order valence-corrected chi connectivity index (χ3v) is 3.59. The van der Waals surface area contributed by atoms with E-state index in [9.17, 15) is 9.59 Å². The molecule has 0 bridgehead atoms. The molecule has 0 spiro atoms. The van der Waals surface area contributed by atoms with Crippen molar-refractivity contribution in [2.75, 3.05) is 33.4 Å². The number of hydrogen-bond acceptors (Lipinski definition) is 4. The molecule has 3 N–H and O–H groups in total. The molecule has 0 aromatic rings. The van der Waals surface area contributed by atoms with Crippen molar-refractivity contribution in [3.05, 3.63) is 0 Å². The summed E-state index contributed by atoms with van der Waals surface area (Å²) >= 11 is 0. The van der Waals surface area contributed by atoms with Crippen molar-refractivity contribution in [1.82, 2.24) is 10.6 Å². The van der Waals surface area contributed by atoms with Gasteiger partial charge in [0.1, 0.15) is 5.60 Å². The van der Waals surface area contributed by atoms with Gasteiger partial charge in [-0.3, -0.25) is 4.79 Å². The number of rotatable bonds is 8. The Morgan fingerprint density at radius 1 is 1.45 bits per heavy atom. The van der Waals surface area contributed by atoms with Crippen molar-refractivity contribution in [1.29, 1.82) is 0 Å². The van der Waals surface area contributed by atoms with Gasteiger partial charge >= 0.3 is 12.0 Å². The highest BCUT2D eigenvalue weighted by Gasteiger charge is 2.35. The van der Waals surface area contributed by atoms with Gasteiger partial charge in [0.2, 0.25) is 0 Å². The van der Waals surface area contributed by atoms with Crippen LogP contribution in [0.5, 0.6) is 0 Å². The molecule has 2 atom stereocenters. The highest BCUT2D eigenvalue weighted by atomic mass is 16.5. The van der Waals surface area contributed by atoms with Gasteiger partial charge in [-0.15, -0.1) is 0 Å². The third-order valence-electron chi connectivity index (χ3n) is 3.59. The third kappa shape index (κ3) is 5.34. The van der Waals surface area contributed by atoms with Crippen LogP contribution in [0.2, 0.25) is 0 Å². The van der Waals surface area contributed by atoms with Gasteiger partial charge < -0.3 is 25.2 Å². The lowest BCUT2D eigenvalue weighted by molar-refractivity contribution is -0.141. The smallest absolute Gasteiger partial charge is 0.314 e. The SMILES string of the molecule is COC1(CNC(=O)NCCCC(C)C(=O)O)CCOC1. The fourth-order valence-corrected chi connectivity index (χ4v) is 2.00. The van der Waals surface area contributed by atoms with Gasteiger partial charge in [0.25, 0.3) is 0 Å². The predicted octanol–water partition coefficient (Wildman–Crippen LogP) is 0.592. The number of ether oxygens (including phenoxy) is 2. The fraction of sp³-hybridized carbons (Fsp3) is 0.846. The van der Waals surface area contributed by atoms with Crippen LogP contribution in [0.1, 0.15) is 26.2 Å². The molecule has 116 valence electrons. The molecule has 0 aliphatic carbocycles. The van der Waals surface area contributed by atoms with Crippen molar-refractivity contribution in [3.63, 3.8) is 0 Å². The summed E-state index contributed by atoms with van der Waals surface area (Å²) in [5.41, 5.74) is -0.421. The first-order chi connectivity index (χ1) is 9.49. The average Bonchev–Trinajstić information content (AvgIpc) is 2.90. The van der Waals surface area contributed by atoms with Crippen LogP contribution in [0.25, 0.3) is 0 Å². The number of carboxylic acid groups (broad SMARTS) is 1. The number of amides is 2. The van der Waals surface area contributed by atoms with Gasteiger partial charge in [0, 0.05) is 26.7 Å². The molecular formula is C13H24N2O5. The summed E-state index contributed by atoms with van der Waals surface area (Å²) in [4.78, 5) is 22.2. The number of hydrogen-bond donors (Lipinski definition) is 3. The molecule has 7 heteroatoms. The highest BCUT2D eigenvalue weighted by Crippen LogP contribution is 2.21. The average molecular weight is 288 g/mol. The summed E-state index contributed by atoms with van der Waals surface area (Å²) in [6.45, 7) is 3.65. The number of methoxy groups -OCH3 is 1. The quantitative estimate of drug-likeness (QED) is 0.568. The summed E-state index contributed by atoms with van der Waals surface area (Å²) in [7, 11) is 1.61. The van der Waals surface area contributed by atoms with E-state index < -0.39 is 11.6 Å². The first-order valence-electron chi connectivity index (χ1n) is 6.86. The normalized spacial score (nSPS) is 23.3. The lowest BCUT2D eigenvalue weighted by Crippen LogP contribution is -2.48. The summed E-state index contributed by atoms with van der Waals surface area (Å²) in [6, 6.07) is -0.267. The molecule has 0 aromatic carbocycles. The lowest BCUT2D eigenvalue weighted by Gasteiger charge is -2.25. The summed E-state index contributed by atoms with van der Waals surface area (Å²) in [6.07, 6.45) is 1.95. The maximum Gasteiger partial charge on any atom is 0.314 e. The molecule has 0 saturated carbocycles. The number of carbonyl (C=O) groups excluding carboxylic acids is 1. The maximum atomic E-state index is 11.6. The Hall–Kier alpha value is -1.34.